The van der Waals surface area contributed by atoms with Crippen molar-refractivity contribution in [2.24, 2.45) is 0 Å². The number of nitrogens with zero attached hydrogens (tertiary/aromatic N) is 1. The van der Waals surface area contributed by atoms with Gasteiger partial charge in [0, 0.05) is 19.6 Å². The minimum atomic E-state index is -0.507. The summed E-state index contributed by atoms with van der Waals surface area (Å²) in [5, 5.41) is 3.28. The van der Waals surface area contributed by atoms with Crippen molar-refractivity contribution in [3.05, 3.63) is 12.7 Å². The second-order valence-electron chi connectivity index (χ2n) is 4.58. The van der Waals surface area contributed by atoms with Crippen LogP contribution in [0.2, 0.25) is 0 Å². The van der Waals surface area contributed by atoms with E-state index in [1.807, 2.05) is 0 Å². The number of hydrogen-bond donors (Lipinski definition) is 1. The number of esters is 1. The van der Waals surface area contributed by atoms with Gasteiger partial charge in [-0.05, 0) is 25.8 Å². The predicted molar refractivity (Wildman–Crippen MR) is 68.9 cm³/mol. The minimum Gasteiger partial charge on any atom is -0.468 e. The van der Waals surface area contributed by atoms with E-state index in [1.54, 1.807) is 6.08 Å². The molecule has 1 aliphatic heterocycles. The summed E-state index contributed by atoms with van der Waals surface area (Å²) in [6, 6.07) is 0. The molecule has 0 saturated carbocycles. The van der Waals surface area contributed by atoms with Gasteiger partial charge < -0.3 is 9.64 Å². The molecule has 0 bridgehead atoms. The Morgan fingerprint density at radius 2 is 2.18 bits per heavy atom. The lowest BCUT2D eigenvalue weighted by molar-refractivity contribution is -0.150. The summed E-state index contributed by atoms with van der Waals surface area (Å²) >= 11 is 0. The highest BCUT2D eigenvalue weighted by molar-refractivity contribution is 5.81. The SMILES string of the molecule is C=CCNC1(C(=O)OC)CCN(CCC)CC1. The largest absolute Gasteiger partial charge is 0.468 e. The van der Waals surface area contributed by atoms with Gasteiger partial charge in [-0.1, -0.05) is 13.0 Å². The number of ether oxygens (including phenoxy) is 1. The first-order chi connectivity index (χ1) is 8.18. The van der Waals surface area contributed by atoms with Crippen molar-refractivity contribution < 1.29 is 9.53 Å². The summed E-state index contributed by atoms with van der Waals surface area (Å²) in [6.45, 7) is 9.51. The van der Waals surface area contributed by atoms with Gasteiger partial charge in [0.25, 0.3) is 0 Å². The van der Waals surface area contributed by atoms with Gasteiger partial charge >= 0.3 is 5.97 Å². The van der Waals surface area contributed by atoms with Crippen LogP contribution in [0.3, 0.4) is 0 Å². The van der Waals surface area contributed by atoms with Crippen LogP contribution in [0.25, 0.3) is 0 Å². The standard InChI is InChI=1S/C13H24N2O2/c1-4-8-14-13(12(16)17-3)6-10-15(9-5-2)11-7-13/h4,14H,1,5-11H2,2-3H3. The Bertz CT molecular complexity index is 258. The number of likely N-dealkylation sites (tertiary alicyclic amines) is 1. The van der Waals surface area contributed by atoms with Crippen LogP contribution in [0, 0.1) is 0 Å². The van der Waals surface area contributed by atoms with Gasteiger partial charge in [0.05, 0.1) is 7.11 Å². The van der Waals surface area contributed by atoms with E-state index in [1.165, 1.54) is 7.11 Å². The van der Waals surface area contributed by atoms with Gasteiger partial charge in [-0.3, -0.25) is 10.1 Å². The van der Waals surface area contributed by atoms with Crippen LogP contribution < -0.4 is 5.32 Å². The van der Waals surface area contributed by atoms with Crippen molar-refractivity contribution in [1.82, 2.24) is 10.2 Å². The Morgan fingerprint density at radius 3 is 2.65 bits per heavy atom. The number of carbonyl (C=O) groups is 1. The molecule has 1 aliphatic rings. The fourth-order valence-electron chi connectivity index (χ4n) is 2.39. The molecule has 0 radical (unpaired) electrons. The number of hydrogen-bond acceptors (Lipinski definition) is 4. The molecule has 0 aromatic carbocycles. The Kier molecular flexibility index (Phi) is 5.65. The average Bonchev–Trinajstić information content (AvgIpc) is 2.37. The molecule has 1 saturated heterocycles. The molecule has 0 atom stereocenters. The van der Waals surface area contributed by atoms with E-state index in [2.05, 4.69) is 23.7 Å². The lowest BCUT2D eigenvalue weighted by Crippen LogP contribution is -2.58. The number of rotatable bonds is 6. The van der Waals surface area contributed by atoms with Crippen LogP contribution in [-0.4, -0.2) is 49.7 Å². The summed E-state index contributed by atoms with van der Waals surface area (Å²) < 4.78 is 4.93. The Labute approximate surface area is 104 Å². The molecular formula is C13H24N2O2. The van der Waals surface area contributed by atoms with E-state index in [9.17, 15) is 4.79 Å². The lowest BCUT2D eigenvalue weighted by Gasteiger charge is -2.40. The molecule has 98 valence electrons. The molecular weight excluding hydrogens is 216 g/mol. The van der Waals surface area contributed by atoms with Gasteiger partial charge in [-0.2, -0.15) is 0 Å². The highest BCUT2D eigenvalue weighted by Gasteiger charge is 2.41. The Morgan fingerprint density at radius 1 is 1.53 bits per heavy atom. The van der Waals surface area contributed by atoms with Crippen molar-refractivity contribution >= 4 is 5.97 Å². The van der Waals surface area contributed by atoms with Crippen molar-refractivity contribution in [2.45, 2.75) is 31.7 Å². The highest BCUT2D eigenvalue weighted by Crippen LogP contribution is 2.23. The first kappa shape index (κ1) is 14.2. The lowest BCUT2D eigenvalue weighted by atomic mass is 9.87. The fourth-order valence-corrected chi connectivity index (χ4v) is 2.39. The summed E-state index contributed by atoms with van der Waals surface area (Å²) in [5.41, 5.74) is -0.507. The predicted octanol–water partition coefficient (Wildman–Crippen LogP) is 1.18. The number of carbonyl (C=O) groups excluding carboxylic acids is 1. The van der Waals surface area contributed by atoms with Crippen LogP contribution in [0.5, 0.6) is 0 Å². The molecule has 0 spiro atoms. The fraction of sp³-hybridized carbons (Fsp3) is 0.769. The second kappa shape index (κ2) is 6.77. The Hall–Kier alpha value is -0.870. The zero-order valence-electron chi connectivity index (χ0n) is 11.0. The molecule has 4 nitrogen and oxygen atoms in total. The quantitative estimate of drug-likeness (QED) is 0.559. The average molecular weight is 240 g/mol. The molecule has 0 aliphatic carbocycles. The van der Waals surface area contributed by atoms with Gasteiger partial charge in [-0.15, -0.1) is 6.58 Å². The minimum absolute atomic E-state index is 0.143. The van der Waals surface area contributed by atoms with Crippen molar-refractivity contribution in [1.29, 1.82) is 0 Å². The smallest absolute Gasteiger partial charge is 0.326 e. The van der Waals surface area contributed by atoms with E-state index in [-0.39, 0.29) is 5.97 Å². The molecule has 0 aromatic rings. The first-order valence-electron chi connectivity index (χ1n) is 6.35. The monoisotopic (exact) mass is 240 g/mol. The topological polar surface area (TPSA) is 41.6 Å². The van der Waals surface area contributed by atoms with E-state index in [0.29, 0.717) is 6.54 Å². The third-order valence-corrected chi connectivity index (χ3v) is 3.41. The molecule has 4 heteroatoms. The molecule has 17 heavy (non-hydrogen) atoms. The van der Waals surface area contributed by atoms with Gasteiger partial charge in [0.15, 0.2) is 0 Å². The number of piperidine rings is 1. The van der Waals surface area contributed by atoms with Crippen molar-refractivity contribution in [3.8, 4) is 0 Å². The molecule has 0 aromatic heterocycles. The summed E-state index contributed by atoms with van der Waals surface area (Å²) in [5.74, 6) is -0.143. The first-order valence-corrected chi connectivity index (χ1v) is 6.35. The molecule has 1 heterocycles. The summed E-state index contributed by atoms with van der Waals surface area (Å²) in [4.78, 5) is 14.3. The third kappa shape index (κ3) is 3.54. The van der Waals surface area contributed by atoms with Crippen LogP contribution in [0.4, 0.5) is 0 Å². The van der Waals surface area contributed by atoms with Crippen LogP contribution in [0.1, 0.15) is 26.2 Å². The number of nitrogens with one attached hydrogen (secondary N) is 1. The number of methoxy groups -OCH3 is 1. The molecule has 0 unspecified atom stereocenters. The zero-order valence-corrected chi connectivity index (χ0v) is 11.0. The summed E-state index contributed by atoms with van der Waals surface area (Å²) in [7, 11) is 1.46. The zero-order chi connectivity index (χ0) is 12.7. The maximum atomic E-state index is 11.9. The highest BCUT2D eigenvalue weighted by atomic mass is 16.5. The van der Waals surface area contributed by atoms with Crippen LogP contribution in [-0.2, 0) is 9.53 Å². The normalized spacial score (nSPS) is 19.9. The third-order valence-electron chi connectivity index (χ3n) is 3.41. The maximum Gasteiger partial charge on any atom is 0.326 e. The van der Waals surface area contributed by atoms with E-state index >= 15 is 0 Å². The molecule has 1 rings (SSSR count). The van der Waals surface area contributed by atoms with E-state index in [0.717, 1.165) is 38.9 Å². The second-order valence-corrected chi connectivity index (χ2v) is 4.58. The molecule has 0 amide bonds. The van der Waals surface area contributed by atoms with Crippen molar-refractivity contribution in [3.63, 3.8) is 0 Å². The van der Waals surface area contributed by atoms with Crippen LogP contribution >= 0.6 is 0 Å². The van der Waals surface area contributed by atoms with Crippen molar-refractivity contribution in [2.75, 3.05) is 33.3 Å². The van der Waals surface area contributed by atoms with Gasteiger partial charge in [-0.25, -0.2) is 0 Å². The Balaban J connectivity index is 2.61. The van der Waals surface area contributed by atoms with Crippen LogP contribution in [0.15, 0.2) is 12.7 Å². The maximum absolute atomic E-state index is 11.9. The van der Waals surface area contributed by atoms with Gasteiger partial charge in [0.1, 0.15) is 5.54 Å². The molecule has 1 N–H and O–H groups in total. The van der Waals surface area contributed by atoms with Gasteiger partial charge in [0.2, 0.25) is 0 Å². The van der Waals surface area contributed by atoms with E-state index < -0.39 is 5.54 Å². The van der Waals surface area contributed by atoms with E-state index in [4.69, 9.17) is 4.74 Å². The molecule has 1 fully saturated rings. The summed E-state index contributed by atoms with van der Waals surface area (Å²) in [6.07, 6.45) is 4.56.